The van der Waals surface area contributed by atoms with Crippen molar-refractivity contribution in [3.8, 4) is 0 Å². The van der Waals surface area contributed by atoms with Crippen LogP contribution < -0.4 is 4.90 Å². The van der Waals surface area contributed by atoms with Crippen LogP contribution in [0.5, 0.6) is 0 Å². The predicted molar refractivity (Wildman–Crippen MR) is 84.8 cm³/mol. The molecule has 0 aromatic heterocycles. The van der Waals surface area contributed by atoms with Crippen LogP contribution in [-0.2, 0) is 4.79 Å². The van der Waals surface area contributed by atoms with Gasteiger partial charge in [0, 0.05) is 17.1 Å². The number of benzene rings is 1. The van der Waals surface area contributed by atoms with E-state index in [0.717, 1.165) is 24.4 Å². The van der Waals surface area contributed by atoms with Crippen molar-refractivity contribution in [1.29, 1.82) is 0 Å². The maximum atomic E-state index is 12.9. The Bertz CT molecular complexity index is 438. The molecule has 1 aliphatic carbocycles. The topological polar surface area (TPSA) is 20.3 Å². The van der Waals surface area contributed by atoms with Crippen LogP contribution in [0.15, 0.2) is 30.3 Å². The van der Waals surface area contributed by atoms with Crippen molar-refractivity contribution in [3.63, 3.8) is 0 Å². The second-order valence-electron chi connectivity index (χ2n) is 7.17. The van der Waals surface area contributed by atoms with Crippen LogP contribution in [0.25, 0.3) is 0 Å². The lowest BCUT2D eigenvalue weighted by Gasteiger charge is -2.39. The monoisotopic (exact) mass is 273 g/mol. The summed E-state index contributed by atoms with van der Waals surface area (Å²) in [5, 5.41) is 0. The van der Waals surface area contributed by atoms with Crippen LogP contribution in [0.4, 0.5) is 5.69 Å². The Labute approximate surface area is 123 Å². The van der Waals surface area contributed by atoms with Crippen molar-refractivity contribution in [1.82, 2.24) is 0 Å². The number of carbonyl (C=O) groups excluding carboxylic acids is 1. The molecule has 1 amide bonds. The summed E-state index contributed by atoms with van der Waals surface area (Å²) in [5.41, 5.74) is 0.714. The van der Waals surface area contributed by atoms with Gasteiger partial charge in [-0.15, -0.1) is 0 Å². The van der Waals surface area contributed by atoms with Crippen LogP contribution in [0, 0.1) is 11.3 Å². The molecule has 20 heavy (non-hydrogen) atoms. The standard InChI is InChI=1S/C18H27NO/c1-14-10-12-16(13-11-14)19(17(20)18(2,3)4)15-8-6-5-7-9-15/h5-9,14,16H,10-13H2,1-4H3. The molecule has 0 saturated heterocycles. The number of hydrogen-bond acceptors (Lipinski definition) is 1. The minimum atomic E-state index is -0.334. The van der Waals surface area contributed by atoms with E-state index in [1.54, 1.807) is 0 Å². The number of hydrogen-bond donors (Lipinski definition) is 0. The van der Waals surface area contributed by atoms with Crippen molar-refractivity contribution in [2.45, 2.75) is 59.4 Å². The van der Waals surface area contributed by atoms with Crippen LogP contribution in [0.3, 0.4) is 0 Å². The molecule has 110 valence electrons. The van der Waals surface area contributed by atoms with Gasteiger partial charge in [0.1, 0.15) is 0 Å². The normalized spacial score (nSPS) is 23.4. The molecule has 0 bridgehead atoms. The van der Waals surface area contributed by atoms with Crippen LogP contribution in [-0.4, -0.2) is 11.9 Å². The van der Waals surface area contributed by atoms with E-state index in [0.29, 0.717) is 6.04 Å². The molecule has 0 heterocycles. The van der Waals surface area contributed by atoms with Gasteiger partial charge in [0.15, 0.2) is 0 Å². The van der Waals surface area contributed by atoms with Gasteiger partial charge in [-0.25, -0.2) is 0 Å². The van der Waals surface area contributed by atoms with Crippen molar-refractivity contribution < 1.29 is 4.79 Å². The molecule has 2 rings (SSSR count). The Hall–Kier alpha value is -1.31. The first-order valence-electron chi connectivity index (χ1n) is 7.78. The molecule has 0 aliphatic heterocycles. The number of para-hydroxylation sites is 1. The highest BCUT2D eigenvalue weighted by Gasteiger charge is 2.34. The minimum Gasteiger partial charge on any atom is -0.309 e. The Morgan fingerprint density at radius 3 is 2.10 bits per heavy atom. The number of nitrogens with zero attached hydrogens (tertiary/aromatic N) is 1. The summed E-state index contributed by atoms with van der Waals surface area (Å²) in [6.45, 7) is 8.35. The van der Waals surface area contributed by atoms with Crippen LogP contribution in [0.1, 0.15) is 53.4 Å². The molecular formula is C18H27NO. The number of rotatable bonds is 2. The molecular weight excluding hydrogens is 246 g/mol. The van der Waals surface area contributed by atoms with Gasteiger partial charge in [-0.3, -0.25) is 4.79 Å². The third kappa shape index (κ3) is 3.41. The summed E-state index contributed by atoms with van der Waals surface area (Å²) in [6, 6.07) is 10.5. The molecule has 2 heteroatoms. The molecule has 0 radical (unpaired) electrons. The summed E-state index contributed by atoms with van der Waals surface area (Å²) in [5.74, 6) is 1.04. The first kappa shape index (κ1) is 15.1. The lowest BCUT2D eigenvalue weighted by Crippen LogP contribution is -2.47. The Morgan fingerprint density at radius 2 is 1.60 bits per heavy atom. The van der Waals surface area contributed by atoms with Crippen molar-refractivity contribution >= 4 is 11.6 Å². The molecule has 0 atom stereocenters. The van der Waals surface area contributed by atoms with Crippen molar-refractivity contribution in [3.05, 3.63) is 30.3 Å². The highest BCUT2D eigenvalue weighted by molar-refractivity contribution is 5.97. The fourth-order valence-corrected chi connectivity index (χ4v) is 2.94. The summed E-state index contributed by atoms with van der Waals surface area (Å²) >= 11 is 0. The largest absolute Gasteiger partial charge is 0.309 e. The zero-order valence-electron chi connectivity index (χ0n) is 13.2. The highest BCUT2D eigenvalue weighted by Crippen LogP contribution is 2.33. The average Bonchev–Trinajstić information content (AvgIpc) is 2.41. The van der Waals surface area contributed by atoms with Crippen LogP contribution in [0.2, 0.25) is 0 Å². The average molecular weight is 273 g/mol. The summed E-state index contributed by atoms with van der Waals surface area (Å²) in [4.78, 5) is 14.9. The van der Waals surface area contributed by atoms with Gasteiger partial charge in [0.2, 0.25) is 5.91 Å². The molecule has 1 saturated carbocycles. The maximum Gasteiger partial charge on any atom is 0.232 e. The quantitative estimate of drug-likeness (QED) is 0.768. The van der Waals surface area contributed by atoms with Gasteiger partial charge < -0.3 is 4.90 Å². The molecule has 0 N–H and O–H groups in total. The lowest BCUT2D eigenvalue weighted by atomic mass is 9.84. The number of anilines is 1. The van der Waals surface area contributed by atoms with E-state index in [4.69, 9.17) is 0 Å². The fraction of sp³-hybridized carbons (Fsp3) is 0.611. The Kier molecular flexibility index (Phi) is 4.52. The second-order valence-corrected chi connectivity index (χ2v) is 7.17. The zero-order chi connectivity index (χ0) is 14.8. The van der Waals surface area contributed by atoms with Crippen LogP contribution >= 0.6 is 0 Å². The van der Waals surface area contributed by atoms with Gasteiger partial charge in [-0.2, -0.15) is 0 Å². The second kappa shape index (κ2) is 5.99. The van der Waals surface area contributed by atoms with E-state index in [1.165, 1.54) is 12.8 Å². The van der Waals surface area contributed by atoms with Crippen molar-refractivity contribution in [2.75, 3.05) is 4.90 Å². The zero-order valence-corrected chi connectivity index (χ0v) is 13.2. The Balaban J connectivity index is 2.28. The molecule has 0 unspecified atom stereocenters. The lowest BCUT2D eigenvalue weighted by molar-refractivity contribution is -0.126. The number of amides is 1. The predicted octanol–water partition coefficient (Wildman–Crippen LogP) is 4.64. The summed E-state index contributed by atoms with van der Waals surface area (Å²) in [7, 11) is 0. The summed E-state index contributed by atoms with van der Waals surface area (Å²) < 4.78 is 0. The van der Waals surface area contributed by atoms with Gasteiger partial charge in [0.05, 0.1) is 0 Å². The minimum absolute atomic E-state index is 0.239. The molecule has 1 aliphatic rings. The van der Waals surface area contributed by atoms with Gasteiger partial charge in [0.25, 0.3) is 0 Å². The van der Waals surface area contributed by atoms with Gasteiger partial charge in [-0.1, -0.05) is 45.9 Å². The van der Waals surface area contributed by atoms with E-state index in [9.17, 15) is 4.79 Å². The fourth-order valence-electron chi connectivity index (χ4n) is 2.94. The Morgan fingerprint density at radius 1 is 1.05 bits per heavy atom. The SMILES string of the molecule is CC1CCC(N(C(=O)C(C)(C)C)c2ccccc2)CC1. The van der Waals surface area contributed by atoms with Crippen molar-refractivity contribution in [2.24, 2.45) is 11.3 Å². The van der Waals surface area contributed by atoms with E-state index in [-0.39, 0.29) is 11.3 Å². The molecule has 2 nitrogen and oxygen atoms in total. The van der Waals surface area contributed by atoms with E-state index in [2.05, 4.69) is 24.0 Å². The van der Waals surface area contributed by atoms with E-state index >= 15 is 0 Å². The third-order valence-electron chi connectivity index (χ3n) is 4.25. The maximum absolute atomic E-state index is 12.9. The molecule has 0 spiro atoms. The van der Waals surface area contributed by atoms with E-state index in [1.807, 2.05) is 39.0 Å². The van der Waals surface area contributed by atoms with Gasteiger partial charge in [-0.05, 0) is 43.7 Å². The molecule has 1 aromatic rings. The third-order valence-corrected chi connectivity index (χ3v) is 4.25. The number of carbonyl (C=O) groups is 1. The first-order chi connectivity index (χ1) is 9.39. The van der Waals surface area contributed by atoms with Gasteiger partial charge >= 0.3 is 0 Å². The first-order valence-corrected chi connectivity index (χ1v) is 7.78. The molecule has 1 aromatic carbocycles. The molecule has 1 fully saturated rings. The summed E-state index contributed by atoms with van der Waals surface area (Å²) in [6.07, 6.45) is 4.70. The smallest absolute Gasteiger partial charge is 0.232 e. The highest BCUT2D eigenvalue weighted by atomic mass is 16.2. The van der Waals surface area contributed by atoms with E-state index < -0.39 is 0 Å².